The van der Waals surface area contributed by atoms with Crippen molar-refractivity contribution in [1.29, 1.82) is 10.5 Å². The maximum absolute atomic E-state index is 8.59. The maximum atomic E-state index is 8.59. The van der Waals surface area contributed by atoms with Gasteiger partial charge in [0.15, 0.2) is 0 Å². The Morgan fingerprint density at radius 1 is 1.00 bits per heavy atom. The molecular weight excluding hydrogens is 208 g/mol. The van der Waals surface area contributed by atoms with E-state index in [1.54, 1.807) is 0 Å². The highest BCUT2D eigenvalue weighted by Crippen LogP contribution is 2.10. The summed E-state index contributed by atoms with van der Waals surface area (Å²) in [6.07, 6.45) is 0. The highest BCUT2D eigenvalue weighted by atomic mass is 28.4. The molecule has 0 aromatic heterocycles. The highest BCUT2D eigenvalue weighted by Gasteiger charge is 2.26. The number of hydrogen-bond acceptors (Lipinski definition) is 4. The van der Waals surface area contributed by atoms with Crippen molar-refractivity contribution in [3.05, 3.63) is 0 Å². The van der Waals surface area contributed by atoms with Gasteiger partial charge in [-0.1, -0.05) is 0 Å². The molecule has 0 aliphatic carbocycles. The van der Waals surface area contributed by atoms with Crippen LogP contribution in [0.5, 0.6) is 0 Å². The van der Waals surface area contributed by atoms with E-state index in [4.69, 9.17) is 19.4 Å². The lowest BCUT2D eigenvalue weighted by Crippen LogP contribution is -2.37. The second-order valence-corrected chi connectivity index (χ2v) is 7.46. The molecule has 0 spiro atoms. The monoisotopic (exact) mass is 226 g/mol. The average Bonchev–Trinajstić information content (AvgIpc) is 2.22. The van der Waals surface area contributed by atoms with Crippen molar-refractivity contribution in [2.24, 2.45) is 11.8 Å². The van der Waals surface area contributed by atoms with Crippen LogP contribution < -0.4 is 0 Å². The molecule has 4 nitrogen and oxygen atoms in total. The van der Waals surface area contributed by atoms with Gasteiger partial charge < -0.3 is 8.85 Å². The lowest BCUT2D eigenvalue weighted by molar-refractivity contribution is 0.159. The molecule has 0 saturated carbocycles. The molecule has 0 fully saturated rings. The van der Waals surface area contributed by atoms with Crippen LogP contribution >= 0.6 is 0 Å². The number of nitriles is 2. The minimum Gasteiger partial charge on any atom is -0.393 e. The summed E-state index contributed by atoms with van der Waals surface area (Å²) in [5, 5.41) is 17.2. The Labute approximate surface area is 92.7 Å². The lowest BCUT2D eigenvalue weighted by atomic mass is 10.2. The summed E-state index contributed by atoms with van der Waals surface area (Å²) >= 11 is 0. The Balaban J connectivity index is 3.88. The first-order valence-corrected chi connectivity index (χ1v) is 7.80. The van der Waals surface area contributed by atoms with E-state index in [2.05, 4.69) is 12.1 Å². The second kappa shape index (κ2) is 6.57. The Morgan fingerprint density at radius 2 is 1.33 bits per heavy atom. The topological polar surface area (TPSA) is 66.0 Å². The molecule has 0 radical (unpaired) electrons. The summed E-state index contributed by atoms with van der Waals surface area (Å²) in [5.41, 5.74) is 0. The smallest absolute Gasteiger partial charge is 0.331 e. The fourth-order valence-electron chi connectivity index (χ4n) is 0.768. The molecule has 15 heavy (non-hydrogen) atoms. The van der Waals surface area contributed by atoms with E-state index in [9.17, 15) is 0 Å². The van der Waals surface area contributed by atoms with Crippen molar-refractivity contribution < 1.29 is 8.85 Å². The standard InChI is InChI=1S/C10H18N2O2Si/c1-9(5-11)7-13-15(3,4)14-8-10(2)6-12/h9-10H,7-8H2,1-4H3. The van der Waals surface area contributed by atoms with Crippen LogP contribution in [0.2, 0.25) is 13.1 Å². The molecule has 5 heteroatoms. The van der Waals surface area contributed by atoms with Crippen molar-refractivity contribution in [1.82, 2.24) is 0 Å². The molecule has 0 saturated heterocycles. The van der Waals surface area contributed by atoms with Gasteiger partial charge in [0.2, 0.25) is 0 Å². The van der Waals surface area contributed by atoms with Crippen LogP contribution in [0.4, 0.5) is 0 Å². The minimum absolute atomic E-state index is 0.117. The quantitative estimate of drug-likeness (QED) is 0.650. The predicted octanol–water partition coefficient (Wildman–Crippen LogP) is 2.04. The Hall–Kier alpha value is -0.883. The van der Waals surface area contributed by atoms with E-state index in [-0.39, 0.29) is 11.8 Å². The number of hydrogen-bond donors (Lipinski definition) is 0. The van der Waals surface area contributed by atoms with E-state index >= 15 is 0 Å². The first-order chi connectivity index (χ1) is 6.91. The largest absolute Gasteiger partial charge is 0.393 e. The van der Waals surface area contributed by atoms with E-state index in [0.29, 0.717) is 13.2 Å². The molecule has 84 valence electrons. The Bertz CT molecular complexity index is 242. The number of nitrogens with zero attached hydrogens (tertiary/aromatic N) is 2. The molecule has 0 heterocycles. The molecule has 2 atom stereocenters. The highest BCUT2D eigenvalue weighted by molar-refractivity contribution is 6.64. The van der Waals surface area contributed by atoms with Gasteiger partial charge in [0.05, 0.1) is 37.2 Å². The zero-order valence-electron chi connectivity index (χ0n) is 9.78. The lowest BCUT2D eigenvalue weighted by Gasteiger charge is -2.23. The molecule has 0 amide bonds. The summed E-state index contributed by atoms with van der Waals surface area (Å²) in [7, 11) is -2.16. The van der Waals surface area contributed by atoms with Crippen LogP contribution in [0, 0.1) is 34.5 Å². The molecule has 0 aromatic carbocycles. The van der Waals surface area contributed by atoms with Gasteiger partial charge in [-0.2, -0.15) is 10.5 Å². The zero-order chi connectivity index (χ0) is 11.9. The Kier molecular flexibility index (Phi) is 6.19. The van der Waals surface area contributed by atoms with Crippen LogP contribution in [-0.2, 0) is 8.85 Å². The van der Waals surface area contributed by atoms with Gasteiger partial charge in [0.1, 0.15) is 0 Å². The Morgan fingerprint density at radius 3 is 1.60 bits per heavy atom. The van der Waals surface area contributed by atoms with Crippen molar-refractivity contribution in [2.45, 2.75) is 26.9 Å². The van der Waals surface area contributed by atoms with Gasteiger partial charge in [-0.25, -0.2) is 0 Å². The molecule has 0 aromatic rings. The molecule has 2 unspecified atom stereocenters. The van der Waals surface area contributed by atoms with Crippen LogP contribution in [0.15, 0.2) is 0 Å². The average molecular weight is 226 g/mol. The third-order valence-electron chi connectivity index (χ3n) is 1.80. The summed E-state index contributed by atoms with van der Waals surface area (Å²) < 4.78 is 11.1. The summed E-state index contributed by atoms with van der Waals surface area (Å²) in [4.78, 5) is 0. The zero-order valence-corrected chi connectivity index (χ0v) is 10.8. The SMILES string of the molecule is CC(C#N)CO[Si](C)(C)OCC(C)C#N. The van der Waals surface area contributed by atoms with E-state index in [1.165, 1.54) is 0 Å². The molecular formula is C10H18N2O2Si. The van der Waals surface area contributed by atoms with Crippen LogP contribution in [-0.4, -0.2) is 21.8 Å². The molecule has 0 rings (SSSR count). The number of rotatable bonds is 6. The fraction of sp³-hybridized carbons (Fsp3) is 0.800. The second-order valence-electron chi connectivity index (χ2n) is 4.08. The van der Waals surface area contributed by atoms with Gasteiger partial charge in [0.25, 0.3) is 0 Å². The third-order valence-corrected chi connectivity index (χ3v) is 3.53. The van der Waals surface area contributed by atoms with Crippen LogP contribution in [0.1, 0.15) is 13.8 Å². The summed E-state index contributed by atoms with van der Waals surface area (Å²) in [6.45, 7) is 8.25. The van der Waals surface area contributed by atoms with Crippen molar-refractivity contribution in [2.75, 3.05) is 13.2 Å². The fourth-order valence-corrected chi connectivity index (χ4v) is 2.15. The summed E-state index contributed by atoms with van der Waals surface area (Å²) in [6, 6.07) is 4.21. The summed E-state index contributed by atoms with van der Waals surface area (Å²) in [5.74, 6) is -0.234. The molecule has 0 bridgehead atoms. The van der Waals surface area contributed by atoms with E-state index < -0.39 is 8.56 Å². The molecule has 0 aliphatic heterocycles. The predicted molar refractivity (Wildman–Crippen MR) is 58.9 cm³/mol. The van der Waals surface area contributed by atoms with Crippen molar-refractivity contribution in [3.8, 4) is 12.1 Å². The van der Waals surface area contributed by atoms with Gasteiger partial charge >= 0.3 is 8.56 Å². The van der Waals surface area contributed by atoms with Gasteiger partial charge in [-0.15, -0.1) is 0 Å². The first kappa shape index (κ1) is 14.1. The third kappa shape index (κ3) is 7.09. The van der Waals surface area contributed by atoms with Gasteiger partial charge in [-0.3, -0.25) is 0 Å². The first-order valence-electron chi connectivity index (χ1n) is 4.98. The van der Waals surface area contributed by atoms with Crippen molar-refractivity contribution in [3.63, 3.8) is 0 Å². The molecule has 0 aliphatic rings. The van der Waals surface area contributed by atoms with Crippen LogP contribution in [0.3, 0.4) is 0 Å². The minimum atomic E-state index is -2.16. The molecule has 0 N–H and O–H groups in total. The maximum Gasteiger partial charge on any atom is 0.331 e. The van der Waals surface area contributed by atoms with Crippen molar-refractivity contribution >= 4 is 8.56 Å². The van der Waals surface area contributed by atoms with Crippen LogP contribution in [0.25, 0.3) is 0 Å². The van der Waals surface area contributed by atoms with E-state index in [1.807, 2.05) is 26.9 Å². The van der Waals surface area contributed by atoms with E-state index in [0.717, 1.165) is 0 Å². The normalized spacial score (nSPS) is 15.1. The van der Waals surface area contributed by atoms with Gasteiger partial charge in [-0.05, 0) is 26.9 Å². The van der Waals surface area contributed by atoms with Gasteiger partial charge in [0, 0.05) is 0 Å².